The number of thioether (sulfide) groups is 1. The molecule has 5 heteroatoms. The minimum atomic E-state index is 0.327. The van der Waals surface area contributed by atoms with Crippen molar-refractivity contribution in [1.82, 2.24) is 4.90 Å². The summed E-state index contributed by atoms with van der Waals surface area (Å²) >= 11 is 1.86. The molecule has 0 radical (unpaired) electrons. The van der Waals surface area contributed by atoms with Crippen LogP contribution in [0.5, 0.6) is 5.75 Å². The van der Waals surface area contributed by atoms with Crippen LogP contribution in [0.2, 0.25) is 0 Å². The number of anilines is 1. The molecule has 0 amide bonds. The molecule has 1 heterocycles. The predicted octanol–water partition coefficient (Wildman–Crippen LogP) is 2.32. The minimum absolute atomic E-state index is 0.327. The monoisotopic (exact) mass is 282 g/mol. The fourth-order valence-corrected chi connectivity index (χ4v) is 2.97. The van der Waals surface area contributed by atoms with Gasteiger partial charge in [0, 0.05) is 35.2 Å². The van der Waals surface area contributed by atoms with Gasteiger partial charge in [0.1, 0.15) is 5.75 Å². The molecule has 0 aromatic heterocycles. The van der Waals surface area contributed by atoms with Crippen LogP contribution in [0.3, 0.4) is 0 Å². The van der Waals surface area contributed by atoms with Crippen LogP contribution in [-0.2, 0) is 17.9 Å². The Labute approximate surface area is 119 Å². The first-order valence-electron chi connectivity index (χ1n) is 6.42. The second-order valence-electron chi connectivity index (χ2n) is 5.00. The molecular formula is C14H22N2O2S. The van der Waals surface area contributed by atoms with Crippen molar-refractivity contribution in [2.45, 2.75) is 26.1 Å². The van der Waals surface area contributed by atoms with Gasteiger partial charge in [-0.2, -0.15) is 11.8 Å². The number of nitrogen functional groups attached to an aromatic ring is 1. The number of fused-ring (bicyclic) bond motifs is 1. The normalized spacial score (nSPS) is 16.0. The van der Waals surface area contributed by atoms with Crippen molar-refractivity contribution in [2.75, 3.05) is 31.6 Å². The largest absolute Gasteiger partial charge is 0.467 e. The highest BCUT2D eigenvalue weighted by Crippen LogP contribution is 2.31. The van der Waals surface area contributed by atoms with E-state index >= 15 is 0 Å². The third-order valence-electron chi connectivity index (χ3n) is 3.39. The van der Waals surface area contributed by atoms with Crippen molar-refractivity contribution in [3.63, 3.8) is 0 Å². The maximum atomic E-state index is 5.96. The van der Waals surface area contributed by atoms with Crippen LogP contribution < -0.4 is 10.5 Å². The Morgan fingerprint density at radius 3 is 3.00 bits per heavy atom. The molecule has 1 aromatic rings. The zero-order chi connectivity index (χ0) is 13.8. The van der Waals surface area contributed by atoms with Crippen LogP contribution in [0.1, 0.15) is 18.1 Å². The van der Waals surface area contributed by atoms with Crippen molar-refractivity contribution in [3.8, 4) is 5.75 Å². The molecule has 0 fully saturated rings. The summed E-state index contributed by atoms with van der Waals surface area (Å²) in [6, 6.07) is 4.46. The van der Waals surface area contributed by atoms with Crippen molar-refractivity contribution in [1.29, 1.82) is 0 Å². The third-order valence-corrected chi connectivity index (χ3v) is 4.21. The lowest BCUT2D eigenvalue weighted by Gasteiger charge is -2.27. The fraction of sp³-hybridized carbons (Fsp3) is 0.571. The van der Waals surface area contributed by atoms with E-state index in [1.807, 2.05) is 23.9 Å². The second kappa shape index (κ2) is 6.50. The standard InChI is InChI=1S/C14H22N2O2S/c1-10(8-19-3)16(2)6-11-4-13(15)5-12-7-17-9-18-14(11)12/h4-5,10H,6-9,15H2,1-3H3. The average Bonchev–Trinajstić information content (AvgIpc) is 2.38. The van der Waals surface area contributed by atoms with E-state index < -0.39 is 0 Å². The van der Waals surface area contributed by atoms with Gasteiger partial charge in [0.2, 0.25) is 0 Å². The molecule has 4 nitrogen and oxygen atoms in total. The number of hydrogen-bond donors (Lipinski definition) is 1. The predicted molar refractivity (Wildman–Crippen MR) is 80.4 cm³/mol. The quantitative estimate of drug-likeness (QED) is 0.840. The third kappa shape index (κ3) is 3.55. The smallest absolute Gasteiger partial charge is 0.189 e. The molecule has 0 bridgehead atoms. The Morgan fingerprint density at radius 2 is 2.26 bits per heavy atom. The van der Waals surface area contributed by atoms with Crippen LogP contribution in [0.15, 0.2) is 12.1 Å². The molecular weight excluding hydrogens is 260 g/mol. The van der Waals surface area contributed by atoms with Crippen LogP contribution in [-0.4, -0.2) is 36.8 Å². The van der Waals surface area contributed by atoms with Gasteiger partial charge in [0.05, 0.1) is 6.61 Å². The molecule has 1 aliphatic rings. The van der Waals surface area contributed by atoms with Crippen LogP contribution in [0, 0.1) is 0 Å². The van der Waals surface area contributed by atoms with E-state index in [1.54, 1.807) is 0 Å². The van der Waals surface area contributed by atoms with E-state index in [-0.39, 0.29) is 0 Å². The maximum absolute atomic E-state index is 5.96. The summed E-state index contributed by atoms with van der Waals surface area (Å²) in [5.41, 5.74) is 8.93. The molecule has 106 valence electrons. The van der Waals surface area contributed by atoms with Gasteiger partial charge < -0.3 is 15.2 Å². The van der Waals surface area contributed by atoms with Gasteiger partial charge in [-0.05, 0) is 32.4 Å². The van der Waals surface area contributed by atoms with Crippen molar-refractivity contribution >= 4 is 17.4 Å². The summed E-state index contributed by atoms with van der Waals surface area (Å²) in [7, 11) is 2.13. The zero-order valence-electron chi connectivity index (χ0n) is 11.8. The fourth-order valence-electron chi connectivity index (χ4n) is 2.24. The highest BCUT2D eigenvalue weighted by atomic mass is 32.2. The molecule has 0 spiro atoms. The lowest BCUT2D eigenvalue weighted by molar-refractivity contribution is -0.0174. The molecule has 0 saturated heterocycles. The summed E-state index contributed by atoms with van der Waals surface area (Å²) in [5, 5.41) is 0. The number of rotatable bonds is 5. The molecule has 0 saturated carbocycles. The average molecular weight is 282 g/mol. The number of ether oxygens (including phenoxy) is 2. The molecule has 2 N–H and O–H groups in total. The Bertz CT molecular complexity index is 440. The summed E-state index contributed by atoms with van der Waals surface area (Å²) in [4.78, 5) is 2.32. The van der Waals surface area contributed by atoms with E-state index in [0.29, 0.717) is 19.4 Å². The molecule has 2 rings (SSSR count). The zero-order valence-corrected chi connectivity index (χ0v) is 12.6. The van der Waals surface area contributed by atoms with Crippen LogP contribution >= 0.6 is 11.8 Å². The Hall–Kier alpha value is -0.910. The Balaban J connectivity index is 2.17. The van der Waals surface area contributed by atoms with Crippen LogP contribution in [0.25, 0.3) is 0 Å². The van der Waals surface area contributed by atoms with Crippen molar-refractivity contribution in [3.05, 3.63) is 23.3 Å². The Kier molecular flexibility index (Phi) is 4.96. The van der Waals surface area contributed by atoms with Crippen LogP contribution in [0.4, 0.5) is 5.69 Å². The lowest BCUT2D eigenvalue weighted by atomic mass is 10.1. The van der Waals surface area contributed by atoms with Gasteiger partial charge in [0.25, 0.3) is 0 Å². The van der Waals surface area contributed by atoms with E-state index in [2.05, 4.69) is 25.1 Å². The first kappa shape index (κ1) is 14.5. The summed E-state index contributed by atoms with van der Waals surface area (Å²) < 4.78 is 10.9. The van der Waals surface area contributed by atoms with Gasteiger partial charge >= 0.3 is 0 Å². The summed E-state index contributed by atoms with van der Waals surface area (Å²) in [6.07, 6.45) is 2.13. The molecule has 0 aliphatic carbocycles. The molecule has 19 heavy (non-hydrogen) atoms. The SMILES string of the molecule is CSCC(C)N(C)Cc1cc(N)cc2c1OCOC2. The van der Waals surface area contributed by atoms with Crippen molar-refractivity contribution in [2.24, 2.45) is 0 Å². The highest BCUT2D eigenvalue weighted by molar-refractivity contribution is 7.98. The number of benzene rings is 1. The highest BCUT2D eigenvalue weighted by Gasteiger charge is 2.18. The van der Waals surface area contributed by atoms with Crippen molar-refractivity contribution < 1.29 is 9.47 Å². The van der Waals surface area contributed by atoms with Gasteiger partial charge in [-0.15, -0.1) is 0 Å². The van der Waals surface area contributed by atoms with Gasteiger partial charge in [-0.1, -0.05) is 0 Å². The van der Waals surface area contributed by atoms with E-state index in [1.165, 1.54) is 0 Å². The molecule has 1 aliphatic heterocycles. The van der Waals surface area contributed by atoms with E-state index in [0.717, 1.165) is 34.9 Å². The van der Waals surface area contributed by atoms with E-state index in [9.17, 15) is 0 Å². The maximum Gasteiger partial charge on any atom is 0.189 e. The first-order valence-corrected chi connectivity index (χ1v) is 7.82. The number of hydrogen-bond acceptors (Lipinski definition) is 5. The summed E-state index contributed by atoms with van der Waals surface area (Å²) in [6.45, 7) is 3.99. The van der Waals surface area contributed by atoms with E-state index in [4.69, 9.17) is 15.2 Å². The second-order valence-corrected chi connectivity index (χ2v) is 5.91. The van der Waals surface area contributed by atoms with Gasteiger partial charge in [0.15, 0.2) is 6.79 Å². The first-order chi connectivity index (χ1) is 9.11. The number of nitrogens with zero attached hydrogens (tertiary/aromatic N) is 1. The molecule has 1 unspecified atom stereocenters. The van der Waals surface area contributed by atoms with Gasteiger partial charge in [-0.25, -0.2) is 0 Å². The summed E-state index contributed by atoms with van der Waals surface area (Å²) in [5.74, 6) is 2.06. The minimum Gasteiger partial charge on any atom is -0.467 e. The number of nitrogens with two attached hydrogens (primary N) is 1. The molecule has 1 atom stereocenters. The van der Waals surface area contributed by atoms with Gasteiger partial charge in [-0.3, -0.25) is 4.90 Å². The molecule has 1 aromatic carbocycles. The topological polar surface area (TPSA) is 47.7 Å². The lowest BCUT2D eigenvalue weighted by Crippen LogP contribution is -2.31. The Morgan fingerprint density at radius 1 is 1.47 bits per heavy atom.